The van der Waals surface area contributed by atoms with Crippen LogP contribution in [0.5, 0.6) is 0 Å². The number of halogens is 1. The maximum Gasteiger partial charge on any atom is 0.279 e. The van der Waals surface area contributed by atoms with Crippen LogP contribution >= 0.6 is 34.7 Å². The van der Waals surface area contributed by atoms with Crippen molar-refractivity contribution >= 4 is 46.5 Å². The quantitative estimate of drug-likeness (QED) is 0.573. The van der Waals surface area contributed by atoms with Crippen molar-refractivity contribution in [3.8, 4) is 0 Å². The zero-order valence-corrected chi connectivity index (χ0v) is 16.6. The van der Waals surface area contributed by atoms with E-state index in [9.17, 15) is 9.59 Å². The minimum Gasteiger partial charge on any atom is -0.272 e. The second-order valence-electron chi connectivity index (χ2n) is 5.63. The molecule has 3 aromatic rings. The van der Waals surface area contributed by atoms with Gasteiger partial charge in [0.2, 0.25) is 5.91 Å². The van der Waals surface area contributed by atoms with Gasteiger partial charge in [0.15, 0.2) is 0 Å². The number of rotatable bonds is 6. The minimum absolute atomic E-state index is 0.0118. The minimum atomic E-state index is -0.319. The standard InChI is InChI=1S/C20H17ClN2O2S2/c21-16-10-8-15(9-11-16)19(14-5-2-1-3-6-14)27-13-18(24)22-23-20(25)17-7-4-12-26-17/h1-12,19H,13H2,(H,22,24)(H,23,25)/t19-/m1/s1. The molecule has 138 valence electrons. The molecule has 0 unspecified atom stereocenters. The molecule has 3 rings (SSSR count). The molecule has 0 aliphatic rings. The summed E-state index contributed by atoms with van der Waals surface area (Å²) in [4.78, 5) is 24.6. The van der Waals surface area contributed by atoms with Crippen molar-refractivity contribution in [2.75, 3.05) is 5.75 Å². The average Bonchev–Trinajstić information content (AvgIpc) is 3.23. The normalized spacial score (nSPS) is 11.6. The van der Waals surface area contributed by atoms with E-state index in [0.29, 0.717) is 9.90 Å². The van der Waals surface area contributed by atoms with Gasteiger partial charge >= 0.3 is 0 Å². The van der Waals surface area contributed by atoms with E-state index in [1.165, 1.54) is 23.1 Å². The van der Waals surface area contributed by atoms with Crippen LogP contribution in [-0.4, -0.2) is 17.6 Å². The number of benzene rings is 2. The second-order valence-corrected chi connectivity index (χ2v) is 8.11. The van der Waals surface area contributed by atoms with Crippen LogP contribution < -0.4 is 10.9 Å². The molecule has 2 aromatic carbocycles. The first-order valence-electron chi connectivity index (χ1n) is 8.18. The van der Waals surface area contributed by atoms with Crippen molar-refractivity contribution in [3.05, 3.63) is 93.1 Å². The lowest BCUT2D eigenvalue weighted by Gasteiger charge is -2.18. The van der Waals surface area contributed by atoms with Gasteiger partial charge in [-0.15, -0.1) is 23.1 Å². The van der Waals surface area contributed by atoms with Gasteiger partial charge in [-0.1, -0.05) is 60.1 Å². The summed E-state index contributed by atoms with van der Waals surface area (Å²) in [7, 11) is 0. The summed E-state index contributed by atoms with van der Waals surface area (Å²) in [6, 6.07) is 21.1. The van der Waals surface area contributed by atoms with Crippen molar-refractivity contribution in [1.29, 1.82) is 0 Å². The summed E-state index contributed by atoms with van der Waals surface area (Å²) >= 11 is 8.80. The largest absolute Gasteiger partial charge is 0.279 e. The highest BCUT2D eigenvalue weighted by Crippen LogP contribution is 2.35. The lowest BCUT2D eigenvalue weighted by molar-refractivity contribution is -0.119. The van der Waals surface area contributed by atoms with Gasteiger partial charge in [-0.25, -0.2) is 0 Å². The molecule has 4 nitrogen and oxygen atoms in total. The predicted octanol–water partition coefficient (Wildman–Crippen LogP) is 4.69. The molecule has 0 spiro atoms. The molecule has 7 heteroatoms. The van der Waals surface area contributed by atoms with Gasteiger partial charge in [0.1, 0.15) is 0 Å². The van der Waals surface area contributed by atoms with E-state index in [-0.39, 0.29) is 22.8 Å². The molecule has 0 bridgehead atoms. The van der Waals surface area contributed by atoms with Crippen LogP contribution in [0.25, 0.3) is 0 Å². The van der Waals surface area contributed by atoms with Crippen LogP contribution in [0.1, 0.15) is 26.0 Å². The van der Waals surface area contributed by atoms with Gasteiger partial charge in [0.05, 0.1) is 15.9 Å². The number of carbonyl (C=O) groups excluding carboxylic acids is 2. The predicted molar refractivity (Wildman–Crippen MR) is 112 cm³/mol. The van der Waals surface area contributed by atoms with Crippen LogP contribution in [-0.2, 0) is 4.79 Å². The number of thioether (sulfide) groups is 1. The van der Waals surface area contributed by atoms with Crippen molar-refractivity contribution < 1.29 is 9.59 Å². The third-order valence-electron chi connectivity index (χ3n) is 3.72. The summed E-state index contributed by atoms with van der Waals surface area (Å²) in [6.07, 6.45) is 0. The molecule has 1 heterocycles. The SMILES string of the molecule is O=C(CS[C@H](c1ccccc1)c1ccc(Cl)cc1)NNC(=O)c1cccs1. The van der Waals surface area contributed by atoms with Crippen molar-refractivity contribution in [1.82, 2.24) is 10.9 Å². The number of carbonyl (C=O) groups is 2. The number of hydrazine groups is 1. The first kappa shape index (κ1) is 19.5. The molecule has 0 radical (unpaired) electrons. The number of amides is 2. The summed E-state index contributed by atoms with van der Waals surface area (Å²) in [5.41, 5.74) is 7.06. The molecule has 1 atom stereocenters. The topological polar surface area (TPSA) is 58.2 Å². The lowest BCUT2D eigenvalue weighted by atomic mass is 10.0. The fraction of sp³-hybridized carbons (Fsp3) is 0.100. The van der Waals surface area contributed by atoms with Crippen molar-refractivity contribution in [3.63, 3.8) is 0 Å². The van der Waals surface area contributed by atoms with E-state index in [4.69, 9.17) is 11.6 Å². The second kappa shape index (κ2) is 9.60. The Bertz CT molecular complexity index is 884. The summed E-state index contributed by atoms with van der Waals surface area (Å²) < 4.78 is 0. The maximum absolute atomic E-state index is 12.2. The van der Waals surface area contributed by atoms with Crippen LogP contribution in [0.2, 0.25) is 5.02 Å². The molecular weight excluding hydrogens is 400 g/mol. The zero-order chi connectivity index (χ0) is 19.1. The Labute approximate surface area is 170 Å². The smallest absolute Gasteiger partial charge is 0.272 e. The van der Waals surface area contributed by atoms with Gasteiger partial charge in [-0.3, -0.25) is 20.4 Å². The van der Waals surface area contributed by atoms with E-state index >= 15 is 0 Å². The Morgan fingerprint density at radius 1 is 0.926 bits per heavy atom. The first-order valence-corrected chi connectivity index (χ1v) is 10.5. The Hall–Kier alpha value is -2.28. The highest BCUT2D eigenvalue weighted by molar-refractivity contribution is 8.00. The van der Waals surface area contributed by atoms with Crippen LogP contribution in [0.3, 0.4) is 0 Å². The summed E-state index contributed by atoms with van der Waals surface area (Å²) in [6.45, 7) is 0. The molecule has 27 heavy (non-hydrogen) atoms. The van der Waals surface area contributed by atoms with E-state index in [1.54, 1.807) is 12.1 Å². The lowest BCUT2D eigenvalue weighted by Crippen LogP contribution is -2.42. The Balaban J connectivity index is 1.61. The number of nitrogens with one attached hydrogen (secondary N) is 2. The molecular formula is C20H17ClN2O2S2. The molecule has 0 aliphatic heterocycles. The summed E-state index contributed by atoms with van der Waals surface area (Å²) in [5, 5.41) is 2.47. The fourth-order valence-electron chi connectivity index (χ4n) is 2.44. The Kier molecular flexibility index (Phi) is 6.92. The molecule has 0 saturated heterocycles. The van der Waals surface area contributed by atoms with E-state index < -0.39 is 0 Å². The Morgan fingerprint density at radius 3 is 2.30 bits per heavy atom. The van der Waals surface area contributed by atoms with Gasteiger partial charge in [0, 0.05) is 5.02 Å². The highest BCUT2D eigenvalue weighted by Gasteiger charge is 2.17. The number of thiophene rings is 1. The van der Waals surface area contributed by atoms with Crippen LogP contribution in [0.15, 0.2) is 72.1 Å². The van der Waals surface area contributed by atoms with E-state index in [2.05, 4.69) is 10.9 Å². The maximum atomic E-state index is 12.2. The van der Waals surface area contributed by atoms with Gasteiger partial charge in [-0.2, -0.15) is 0 Å². The highest BCUT2D eigenvalue weighted by atomic mass is 35.5. The third kappa shape index (κ3) is 5.60. The average molecular weight is 417 g/mol. The molecule has 0 aliphatic carbocycles. The third-order valence-corrected chi connectivity index (χ3v) is 6.14. The molecule has 2 N–H and O–H groups in total. The van der Waals surface area contributed by atoms with Gasteiger partial charge in [-0.05, 0) is 34.7 Å². The van der Waals surface area contributed by atoms with Crippen LogP contribution in [0.4, 0.5) is 0 Å². The van der Waals surface area contributed by atoms with Crippen LogP contribution in [0, 0.1) is 0 Å². The van der Waals surface area contributed by atoms with E-state index in [0.717, 1.165) is 11.1 Å². The van der Waals surface area contributed by atoms with Gasteiger partial charge in [0.25, 0.3) is 5.91 Å². The number of hydrogen-bond acceptors (Lipinski definition) is 4. The molecule has 1 aromatic heterocycles. The monoisotopic (exact) mass is 416 g/mol. The number of hydrogen-bond donors (Lipinski definition) is 2. The zero-order valence-electron chi connectivity index (χ0n) is 14.2. The fourth-order valence-corrected chi connectivity index (χ4v) is 4.28. The van der Waals surface area contributed by atoms with Crippen molar-refractivity contribution in [2.24, 2.45) is 0 Å². The van der Waals surface area contributed by atoms with Crippen molar-refractivity contribution in [2.45, 2.75) is 5.25 Å². The summed E-state index contributed by atoms with van der Waals surface area (Å²) in [5.74, 6) is -0.382. The Morgan fingerprint density at radius 2 is 1.63 bits per heavy atom. The molecule has 0 fully saturated rings. The molecule has 2 amide bonds. The van der Waals surface area contributed by atoms with Gasteiger partial charge < -0.3 is 0 Å². The van der Waals surface area contributed by atoms with E-state index in [1.807, 2.05) is 60.0 Å². The molecule has 0 saturated carbocycles. The first-order chi connectivity index (χ1) is 13.1.